The molecule has 2 N–H and O–H groups in total. The molecule has 0 aliphatic rings. The van der Waals surface area contributed by atoms with E-state index in [9.17, 15) is 9.90 Å². The summed E-state index contributed by atoms with van der Waals surface area (Å²) in [5.41, 5.74) is 0.446. The number of rotatable bonds is 6. The lowest BCUT2D eigenvalue weighted by Gasteiger charge is -2.26. The minimum Gasteiger partial charge on any atom is -0.387 e. The number of carbonyl (C=O) groups is 1. The molecule has 21 heavy (non-hydrogen) atoms. The average molecular weight is 287 g/mol. The lowest BCUT2D eigenvalue weighted by Crippen LogP contribution is -2.46. The molecule has 112 valence electrons. The molecule has 0 saturated heterocycles. The lowest BCUT2D eigenvalue weighted by atomic mass is 10.1. The van der Waals surface area contributed by atoms with Gasteiger partial charge in [-0.3, -0.25) is 4.79 Å². The first-order valence-electron chi connectivity index (χ1n) is 6.65. The summed E-state index contributed by atoms with van der Waals surface area (Å²) in [4.78, 5) is 13.6. The second kappa shape index (κ2) is 7.58. The molecular weight excluding hydrogens is 266 g/mol. The standard InChI is InChI=1S/C16H21N3O2/c1-16(21,12-19(2)3)11-18-15(20)9-8-13-4-6-14(10-17)7-5-13/h4-9,21H,11-12H2,1-3H3,(H,18,20)/b9-8+. The normalized spacial score (nSPS) is 13.9. The van der Waals surface area contributed by atoms with Gasteiger partial charge in [-0.2, -0.15) is 5.26 Å². The molecule has 0 saturated carbocycles. The van der Waals surface area contributed by atoms with E-state index in [0.29, 0.717) is 12.1 Å². The maximum absolute atomic E-state index is 11.7. The molecule has 1 unspecified atom stereocenters. The highest BCUT2D eigenvalue weighted by atomic mass is 16.3. The van der Waals surface area contributed by atoms with Crippen LogP contribution in [0.3, 0.4) is 0 Å². The van der Waals surface area contributed by atoms with Crippen molar-refractivity contribution in [3.05, 3.63) is 41.5 Å². The summed E-state index contributed by atoms with van der Waals surface area (Å²) in [5.74, 6) is -0.265. The smallest absolute Gasteiger partial charge is 0.244 e. The van der Waals surface area contributed by atoms with E-state index in [1.165, 1.54) is 6.08 Å². The zero-order valence-corrected chi connectivity index (χ0v) is 12.6. The summed E-state index contributed by atoms with van der Waals surface area (Å²) in [6.07, 6.45) is 3.07. The van der Waals surface area contributed by atoms with Crippen molar-refractivity contribution in [3.63, 3.8) is 0 Å². The van der Waals surface area contributed by atoms with Gasteiger partial charge in [0.2, 0.25) is 5.91 Å². The van der Waals surface area contributed by atoms with Gasteiger partial charge in [0.25, 0.3) is 0 Å². The molecule has 0 aromatic heterocycles. The Kier molecular flexibility index (Phi) is 6.10. The SMILES string of the molecule is CN(C)CC(C)(O)CNC(=O)/C=C/c1ccc(C#N)cc1. The molecule has 0 spiro atoms. The molecule has 0 fully saturated rings. The van der Waals surface area contributed by atoms with Crippen LogP contribution in [0.1, 0.15) is 18.1 Å². The first kappa shape index (κ1) is 16.9. The van der Waals surface area contributed by atoms with Crippen LogP contribution < -0.4 is 5.32 Å². The number of aliphatic hydroxyl groups is 1. The van der Waals surface area contributed by atoms with E-state index < -0.39 is 5.60 Å². The van der Waals surface area contributed by atoms with Crippen LogP contribution in [-0.4, -0.2) is 48.7 Å². The van der Waals surface area contributed by atoms with Crippen molar-refractivity contribution >= 4 is 12.0 Å². The highest BCUT2D eigenvalue weighted by Gasteiger charge is 2.21. The second-order valence-electron chi connectivity index (χ2n) is 5.52. The third-order valence-electron chi connectivity index (χ3n) is 2.77. The predicted molar refractivity (Wildman–Crippen MR) is 82.4 cm³/mol. The van der Waals surface area contributed by atoms with Crippen molar-refractivity contribution < 1.29 is 9.90 Å². The topological polar surface area (TPSA) is 76.4 Å². The van der Waals surface area contributed by atoms with Crippen molar-refractivity contribution in [2.75, 3.05) is 27.2 Å². The average Bonchev–Trinajstić information content (AvgIpc) is 2.42. The molecule has 0 radical (unpaired) electrons. The number of benzene rings is 1. The summed E-state index contributed by atoms with van der Waals surface area (Å²) >= 11 is 0. The Bertz CT molecular complexity index is 540. The fraction of sp³-hybridized carbons (Fsp3) is 0.375. The fourth-order valence-corrected chi connectivity index (χ4v) is 1.91. The van der Waals surface area contributed by atoms with Crippen LogP contribution in [0.25, 0.3) is 6.08 Å². The van der Waals surface area contributed by atoms with Gasteiger partial charge in [-0.1, -0.05) is 12.1 Å². The summed E-state index contributed by atoms with van der Waals surface area (Å²) in [6, 6.07) is 8.96. The highest BCUT2D eigenvalue weighted by molar-refractivity contribution is 5.91. The van der Waals surface area contributed by atoms with Crippen LogP contribution in [0.4, 0.5) is 0 Å². The Morgan fingerprint density at radius 2 is 2.05 bits per heavy atom. The minimum atomic E-state index is -0.971. The van der Waals surface area contributed by atoms with Gasteiger partial charge in [-0.15, -0.1) is 0 Å². The van der Waals surface area contributed by atoms with E-state index in [0.717, 1.165) is 5.56 Å². The fourth-order valence-electron chi connectivity index (χ4n) is 1.91. The lowest BCUT2D eigenvalue weighted by molar-refractivity contribution is -0.117. The molecule has 1 aromatic carbocycles. The third kappa shape index (κ3) is 6.70. The maximum atomic E-state index is 11.7. The number of amides is 1. The summed E-state index contributed by atoms with van der Waals surface area (Å²) < 4.78 is 0. The first-order chi connectivity index (χ1) is 9.82. The number of nitrogens with one attached hydrogen (secondary N) is 1. The molecule has 1 atom stereocenters. The van der Waals surface area contributed by atoms with Gasteiger partial charge >= 0.3 is 0 Å². The molecule has 0 aliphatic heterocycles. The predicted octanol–water partition coefficient (Wildman–Crippen LogP) is 1.00. The first-order valence-corrected chi connectivity index (χ1v) is 6.65. The summed E-state index contributed by atoms with van der Waals surface area (Å²) in [6.45, 7) is 2.33. The number of carbonyl (C=O) groups excluding carboxylic acids is 1. The van der Waals surface area contributed by atoms with Crippen LogP contribution in [0, 0.1) is 11.3 Å². The van der Waals surface area contributed by atoms with E-state index in [1.54, 1.807) is 37.3 Å². The molecule has 1 aromatic rings. The number of hydrogen-bond donors (Lipinski definition) is 2. The molecule has 0 bridgehead atoms. The molecule has 1 amide bonds. The zero-order valence-electron chi connectivity index (χ0n) is 12.6. The number of nitriles is 1. The van der Waals surface area contributed by atoms with Gasteiger partial charge in [-0.25, -0.2) is 0 Å². The quantitative estimate of drug-likeness (QED) is 0.765. The Labute approximate surface area is 125 Å². The molecule has 1 rings (SSSR count). The van der Waals surface area contributed by atoms with Gasteiger partial charge in [0.1, 0.15) is 0 Å². The van der Waals surface area contributed by atoms with E-state index in [4.69, 9.17) is 5.26 Å². The molecule has 5 heteroatoms. The van der Waals surface area contributed by atoms with Crippen molar-refractivity contribution in [2.24, 2.45) is 0 Å². The second-order valence-corrected chi connectivity index (χ2v) is 5.52. The monoisotopic (exact) mass is 287 g/mol. The largest absolute Gasteiger partial charge is 0.387 e. The molecular formula is C16H21N3O2. The van der Waals surface area contributed by atoms with Crippen LogP contribution in [0.2, 0.25) is 0 Å². The van der Waals surface area contributed by atoms with Crippen LogP contribution in [0.5, 0.6) is 0 Å². The molecule has 0 aliphatic carbocycles. The molecule has 5 nitrogen and oxygen atoms in total. The number of hydrogen-bond acceptors (Lipinski definition) is 4. The Morgan fingerprint density at radius 1 is 1.43 bits per heavy atom. The van der Waals surface area contributed by atoms with Crippen molar-refractivity contribution in [2.45, 2.75) is 12.5 Å². The number of likely N-dealkylation sites (N-methyl/N-ethyl adjacent to an activating group) is 1. The van der Waals surface area contributed by atoms with E-state index >= 15 is 0 Å². The Balaban J connectivity index is 2.49. The third-order valence-corrected chi connectivity index (χ3v) is 2.77. The number of nitrogens with zero attached hydrogens (tertiary/aromatic N) is 2. The zero-order chi connectivity index (χ0) is 15.9. The van der Waals surface area contributed by atoms with Crippen LogP contribution in [-0.2, 0) is 4.79 Å². The highest BCUT2D eigenvalue weighted by Crippen LogP contribution is 2.05. The van der Waals surface area contributed by atoms with E-state index in [2.05, 4.69) is 5.32 Å². The van der Waals surface area contributed by atoms with E-state index in [1.807, 2.05) is 25.1 Å². The van der Waals surface area contributed by atoms with Crippen LogP contribution >= 0.6 is 0 Å². The Morgan fingerprint density at radius 3 is 2.57 bits per heavy atom. The summed E-state index contributed by atoms with van der Waals surface area (Å²) in [5, 5.41) is 21.4. The van der Waals surface area contributed by atoms with Crippen molar-refractivity contribution in [3.8, 4) is 6.07 Å². The van der Waals surface area contributed by atoms with Gasteiger partial charge in [0.05, 0.1) is 17.2 Å². The van der Waals surface area contributed by atoms with E-state index in [-0.39, 0.29) is 12.5 Å². The van der Waals surface area contributed by atoms with Crippen LogP contribution in [0.15, 0.2) is 30.3 Å². The Hall–Kier alpha value is -2.16. The van der Waals surface area contributed by atoms with Gasteiger partial charge in [0, 0.05) is 19.2 Å². The van der Waals surface area contributed by atoms with Gasteiger partial charge < -0.3 is 15.3 Å². The maximum Gasteiger partial charge on any atom is 0.244 e. The van der Waals surface area contributed by atoms with Crippen molar-refractivity contribution in [1.29, 1.82) is 5.26 Å². The minimum absolute atomic E-state index is 0.182. The van der Waals surface area contributed by atoms with Gasteiger partial charge in [0.15, 0.2) is 0 Å². The molecule has 0 heterocycles. The summed E-state index contributed by atoms with van der Waals surface area (Å²) in [7, 11) is 3.72. The van der Waals surface area contributed by atoms with Gasteiger partial charge in [-0.05, 0) is 44.8 Å². The van der Waals surface area contributed by atoms with Crippen molar-refractivity contribution in [1.82, 2.24) is 10.2 Å².